The third-order valence-corrected chi connectivity index (χ3v) is 4.00. The Morgan fingerprint density at radius 1 is 1.11 bits per heavy atom. The first-order valence-corrected chi connectivity index (χ1v) is 8.89. The molecule has 2 atom stereocenters. The zero-order valence-electron chi connectivity index (χ0n) is 15.8. The molecule has 6 nitrogen and oxygen atoms in total. The summed E-state index contributed by atoms with van der Waals surface area (Å²) >= 11 is 0. The lowest BCUT2D eigenvalue weighted by Gasteiger charge is -2.25. The van der Waals surface area contributed by atoms with Gasteiger partial charge in [0.2, 0.25) is 11.8 Å². The van der Waals surface area contributed by atoms with Crippen molar-refractivity contribution < 1.29 is 28.0 Å². The second-order valence-electron chi connectivity index (χ2n) is 6.83. The van der Waals surface area contributed by atoms with Crippen molar-refractivity contribution in [3.63, 3.8) is 0 Å². The molecule has 0 aliphatic heterocycles. The third-order valence-electron chi connectivity index (χ3n) is 4.00. The van der Waals surface area contributed by atoms with Crippen LogP contribution in [0, 0.1) is 17.8 Å². The maximum Gasteiger partial charge on any atom is 0.402 e. The number of carbonyl (C=O) groups is 2. The lowest BCUT2D eigenvalue weighted by atomic mass is 9.82. The van der Waals surface area contributed by atoms with Gasteiger partial charge in [0, 0.05) is 0 Å². The van der Waals surface area contributed by atoms with Crippen LogP contribution in [0.1, 0.15) is 32.3 Å². The Bertz CT molecular complexity index is 649. The van der Waals surface area contributed by atoms with Gasteiger partial charge in [-0.15, -0.1) is 0 Å². The van der Waals surface area contributed by atoms with Crippen molar-refractivity contribution in [1.29, 1.82) is 0 Å². The predicted molar refractivity (Wildman–Crippen MR) is 98.7 cm³/mol. The van der Waals surface area contributed by atoms with E-state index >= 15 is 0 Å². The van der Waals surface area contributed by atoms with Crippen molar-refractivity contribution >= 4 is 17.9 Å². The number of nitrogens with one attached hydrogen (secondary N) is 3. The molecule has 0 aliphatic rings. The van der Waals surface area contributed by atoms with Gasteiger partial charge in [0.25, 0.3) is 0 Å². The van der Waals surface area contributed by atoms with E-state index in [2.05, 4.69) is 0 Å². The quantitative estimate of drug-likeness (QED) is 0.358. The monoisotopic (exact) mass is 401 g/mol. The van der Waals surface area contributed by atoms with Gasteiger partial charge in [-0.05, 0) is 24.3 Å². The van der Waals surface area contributed by atoms with Gasteiger partial charge < -0.3 is 0 Å². The molecule has 28 heavy (non-hydrogen) atoms. The summed E-state index contributed by atoms with van der Waals surface area (Å²) in [5, 5.41) is 9.05. The standard InChI is InChI=1S/C19H26F3N3O3/c1-13(2)11-16(17(26)24-23-12-19(20,21)22)15(18(27)25-28)10-6-9-14-7-4-3-5-8-14/h3-9,13,15-16,23,28H,10-12H2,1-2H3,(H,24,26)(H,25,27)/b9-6+/t15-,16+/m0/s1. The molecule has 0 saturated carbocycles. The molecule has 0 fully saturated rings. The van der Waals surface area contributed by atoms with Crippen molar-refractivity contribution in [3.8, 4) is 0 Å². The highest BCUT2D eigenvalue weighted by molar-refractivity contribution is 5.87. The predicted octanol–water partition coefficient (Wildman–Crippen LogP) is 3.06. The van der Waals surface area contributed by atoms with E-state index < -0.39 is 36.4 Å². The number of hydrazine groups is 1. The molecule has 1 aromatic rings. The first kappa shape index (κ1) is 23.6. The summed E-state index contributed by atoms with van der Waals surface area (Å²) in [4.78, 5) is 24.6. The van der Waals surface area contributed by atoms with Crippen molar-refractivity contribution in [2.45, 2.75) is 32.9 Å². The molecule has 9 heteroatoms. The van der Waals surface area contributed by atoms with Crippen molar-refractivity contribution in [1.82, 2.24) is 16.3 Å². The Morgan fingerprint density at radius 2 is 1.75 bits per heavy atom. The van der Waals surface area contributed by atoms with Gasteiger partial charge in [0.15, 0.2) is 0 Å². The van der Waals surface area contributed by atoms with E-state index in [9.17, 15) is 22.8 Å². The van der Waals surface area contributed by atoms with E-state index in [-0.39, 0.29) is 18.8 Å². The lowest BCUT2D eigenvalue weighted by molar-refractivity contribution is -0.143. The molecule has 0 spiro atoms. The Labute approximate surface area is 162 Å². The summed E-state index contributed by atoms with van der Waals surface area (Å²) in [7, 11) is 0. The van der Waals surface area contributed by atoms with Gasteiger partial charge in [-0.1, -0.05) is 56.3 Å². The van der Waals surface area contributed by atoms with E-state index in [1.165, 1.54) is 0 Å². The first-order valence-electron chi connectivity index (χ1n) is 8.89. The number of hydroxylamine groups is 1. The van der Waals surface area contributed by atoms with Crippen LogP contribution >= 0.6 is 0 Å². The highest BCUT2D eigenvalue weighted by Crippen LogP contribution is 2.25. The van der Waals surface area contributed by atoms with Gasteiger partial charge in [-0.2, -0.15) is 13.2 Å². The molecule has 1 aromatic carbocycles. The van der Waals surface area contributed by atoms with Crippen LogP contribution in [0.3, 0.4) is 0 Å². The Hall–Kier alpha value is -2.39. The molecule has 4 N–H and O–H groups in total. The van der Waals surface area contributed by atoms with Crippen molar-refractivity contribution in [2.75, 3.05) is 6.54 Å². The van der Waals surface area contributed by atoms with Gasteiger partial charge >= 0.3 is 6.18 Å². The van der Waals surface area contributed by atoms with Crippen LogP contribution < -0.4 is 16.3 Å². The summed E-state index contributed by atoms with van der Waals surface area (Å²) in [6, 6.07) is 9.27. The molecular weight excluding hydrogens is 375 g/mol. The SMILES string of the molecule is CC(C)C[C@@H](C(=O)NNCC(F)(F)F)[C@H](C/C=C/c1ccccc1)C(=O)NO. The number of hydrogen-bond donors (Lipinski definition) is 4. The number of carbonyl (C=O) groups excluding carboxylic acids is 2. The molecule has 0 bridgehead atoms. The summed E-state index contributed by atoms with van der Waals surface area (Å²) in [6.07, 6.45) is -0.633. The van der Waals surface area contributed by atoms with Crippen LogP contribution in [0.5, 0.6) is 0 Å². The Balaban J connectivity index is 2.90. The van der Waals surface area contributed by atoms with E-state index in [4.69, 9.17) is 5.21 Å². The van der Waals surface area contributed by atoms with Gasteiger partial charge in [0.05, 0.1) is 11.8 Å². The fraction of sp³-hybridized carbons (Fsp3) is 0.474. The molecule has 0 saturated heterocycles. The van der Waals surface area contributed by atoms with Gasteiger partial charge in [-0.25, -0.2) is 10.9 Å². The summed E-state index contributed by atoms with van der Waals surface area (Å²) in [5.74, 6) is -3.37. The summed E-state index contributed by atoms with van der Waals surface area (Å²) in [6.45, 7) is 2.27. The minimum absolute atomic E-state index is 0.00506. The molecule has 2 amide bonds. The maximum atomic E-state index is 12.4. The summed E-state index contributed by atoms with van der Waals surface area (Å²) in [5.41, 5.74) is 6.29. The second kappa shape index (κ2) is 11.5. The zero-order valence-corrected chi connectivity index (χ0v) is 15.8. The largest absolute Gasteiger partial charge is 0.402 e. The van der Waals surface area contributed by atoms with Crippen LogP contribution in [-0.2, 0) is 9.59 Å². The first-order chi connectivity index (χ1) is 13.1. The molecule has 1 rings (SSSR count). The number of halogens is 3. The van der Waals surface area contributed by atoms with Crippen molar-refractivity contribution in [3.05, 3.63) is 42.0 Å². The normalized spacial score (nSPS) is 14.1. The third kappa shape index (κ3) is 9.01. The average molecular weight is 401 g/mol. The minimum Gasteiger partial charge on any atom is -0.291 e. The fourth-order valence-electron chi connectivity index (χ4n) is 2.74. The maximum absolute atomic E-state index is 12.4. The smallest absolute Gasteiger partial charge is 0.291 e. The van der Waals surface area contributed by atoms with E-state index in [1.807, 2.05) is 55.0 Å². The Kier molecular flexibility index (Phi) is 9.67. The van der Waals surface area contributed by atoms with Crippen LogP contribution in [0.15, 0.2) is 36.4 Å². The fourth-order valence-corrected chi connectivity index (χ4v) is 2.74. The second-order valence-corrected chi connectivity index (χ2v) is 6.83. The van der Waals surface area contributed by atoms with Crippen LogP contribution in [0.25, 0.3) is 6.08 Å². The number of amides is 2. The van der Waals surface area contributed by atoms with E-state index in [0.29, 0.717) is 0 Å². The van der Waals surface area contributed by atoms with E-state index in [1.54, 1.807) is 17.6 Å². The molecule has 156 valence electrons. The number of benzene rings is 1. The van der Waals surface area contributed by atoms with Crippen LogP contribution in [0.4, 0.5) is 13.2 Å². The highest BCUT2D eigenvalue weighted by Gasteiger charge is 2.34. The average Bonchev–Trinajstić information content (AvgIpc) is 2.62. The molecule has 0 heterocycles. The van der Waals surface area contributed by atoms with Gasteiger partial charge in [0.1, 0.15) is 6.54 Å². The number of alkyl halides is 3. The molecular formula is C19H26F3N3O3. The number of hydrogen-bond acceptors (Lipinski definition) is 4. The molecule has 0 radical (unpaired) electrons. The highest BCUT2D eigenvalue weighted by atomic mass is 19.4. The molecule has 0 unspecified atom stereocenters. The van der Waals surface area contributed by atoms with Crippen LogP contribution in [0.2, 0.25) is 0 Å². The topological polar surface area (TPSA) is 90.5 Å². The summed E-state index contributed by atoms with van der Waals surface area (Å²) < 4.78 is 36.8. The Morgan fingerprint density at radius 3 is 2.29 bits per heavy atom. The lowest BCUT2D eigenvalue weighted by Crippen LogP contribution is -2.49. The van der Waals surface area contributed by atoms with Crippen LogP contribution in [-0.4, -0.2) is 29.7 Å². The van der Waals surface area contributed by atoms with Gasteiger partial charge in [-0.3, -0.25) is 20.2 Å². The zero-order chi connectivity index (χ0) is 21.2. The molecule has 0 aromatic heterocycles. The number of allylic oxidation sites excluding steroid dienone is 1. The minimum atomic E-state index is -4.48. The molecule has 0 aliphatic carbocycles. The van der Waals surface area contributed by atoms with Crippen molar-refractivity contribution in [2.24, 2.45) is 17.8 Å². The number of rotatable bonds is 10. The van der Waals surface area contributed by atoms with E-state index in [0.717, 1.165) is 5.56 Å².